The Balaban J connectivity index is 1.48. The van der Waals surface area contributed by atoms with Gasteiger partial charge in [-0.15, -0.1) is 0 Å². The van der Waals surface area contributed by atoms with Gasteiger partial charge in [-0.25, -0.2) is 13.4 Å². The molecule has 2 aromatic rings. The molecule has 2 fully saturated rings. The van der Waals surface area contributed by atoms with E-state index in [0.29, 0.717) is 29.7 Å². The van der Waals surface area contributed by atoms with E-state index in [0.717, 1.165) is 25.7 Å². The summed E-state index contributed by atoms with van der Waals surface area (Å²) in [5.41, 5.74) is 0.432. The van der Waals surface area contributed by atoms with Gasteiger partial charge in [-0.2, -0.15) is 0 Å². The first kappa shape index (κ1) is 22.0. The van der Waals surface area contributed by atoms with Crippen molar-refractivity contribution in [2.45, 2.75) is 57.2 Å². The number of carbonyl (C=O) groups is 1. The molecule has 9 heteroatoms. The highest BCUT2D eigenvalue weighted by molar-refractivity contribution is 7.91. The molecule has 1 aliphatic heterocycles. The smallest absolute Gasteiger partial charge is 0.258 e. The molecule has 2 aliphatic rings. The summed E-state index contributed by atoms with van der Waals surface area (Å²) in [4.78, 5) is 36.6. The van der Waals surface area contributed by atoms with Gasteiger partial charge >= 0.3 is 0 Å². The molecule has 2 heterocycles. The van der Waals surface area contributed by atoms with Gasteiger partial charge in [0.05, 0.1) is 35.5 Å². The largest absolute Gasteiger partial charge is 0.335 e. The fourth-order valence-electron chi connectivity index (χ4n) is 4.89. The monoisotopic (exact) mass is 446 g/mol. The summed E-state index contributed by atoms with van der Waals surface area (Å²) in [5, 5.41) is 0.538. The van der Waals surface area contributed by atoms with Gasteiger partial charge in [0.1, 0.15) is 5.82 Å². The van der Waals surface area contributed by atoms with E-state index in [2.05, 4.69) is 9.97 Å². The van der Waals surface area contributed by atoms with Crippen molar-refractivity contribution in [3.8, 4) is 0 Å². The predicted molar refractivity (Wildman–Crippen MR) is 119 cm³/mol. The SMILES string of the molecule is CN(CC(=O)N(C1CCCCC1)[C@@H]1CCS(=O)(=O)C1)Cc1nc2ccccc2c(=O)[nH]1. The first-order valence-electron chi connectivity index (χ1n) is 11.0. The maximum atomic E-state index is 13.3. The van der Waals surface area contributed by atoms with E-state index in [1.54, 1.807) is 18.2 Å². The minimum absolute atomic E-state index is 0.0420. The number of benzene rings is 1. The summed E-state index contributed by atoms with van der Waals surface area (Å²) in [5.74, 6) is 0.691. The molecule has 1 saturated heterocycles. The van der Waals surface area contributed by atoms with E-state index in [4.69, 9.17) is 0 Å². The second-order valence-corrected chi connectivity index (χ2v) is 11.1. The summed E-state index contributed by atoms with van der Waals surface area (Å²) in [6, 6.07) is 7.05. The van der Waals surface area contributed by atoms with Gasteiger partial charge in [0.2, 0.25) is 5.91 Å². The number of aromatic amines is 1. The zero-order valence-electron chi connectivity index (χ0n) is 17.9. The van der Waals surface area contributed by atoms with E-state index in [-0.39, 0.29) is 41.6 Å². The number of likely N-dealkylation sites (N-methyl/N-ethyl adjacent to an activating group) is 1. The topological polar surface area (TPSA) is 103 Å². The Kier molecular flexibility index (Phi) is 6.43. The Morgan fingerprint density at radius 3 is 2.58 bits per heavy atom. The number of sulfone groups is 1. The van der Waals surface area contributed by atoms with Crippen LogP contribution in [0.25, 0.3) is 10.9 Å². The summed E-state index contributed by atoms with van der Waals surface area (Å²) >= 11 is 0. The van der Waals surface area contributed by atoms with Gasteiger partial charge in [0.25, 0.3) is 5.56 Å². The van der Waals surface area contributed by atoms with Crippen LogP contribution >= 0.6 is 0 Å². The molecular formula is C22H30N4O4S. The van der Waals surface area contributed by atoms with Gasteiger partial charge in [-0.1, -0.05) is 31.4 Å². The van der Waals surface area contributed by atoms with Gasteiger partial charge in [0, 0.05) is 12.1 Å². The Morgan fingerprint density at radius 2 is 1.87 bits per heavy atom. The highest BCUT2D eigenvalue weighted by Crippen LogP contribution is 2.28. The van der Waals surface area contributed by atoms with Crippen LogP contribution in [0.3, 0.4) is 0 Å². The zero-order chi connectivity index (χ0) is 22.0. The molecule has 1 aromatic heterocycles. The number of rotatable bonds is 6. The van der Waals surface area contributed by atoms with Crippen LogP contribution in [0.4, 0.5) is 0 Å². The minimum Gasteiger partial charge on any atom is -0.335 e. The lowest BCUT2D eigenvalue weighted by molar-refractivity contribution is -0.137. The molecule has 1 amide bonds. The lowest BCUT2D eigenvalue weighted by Gasteiger charge is -2.39. The molecule has 0 bridgehead atoms. The zero-order valence-corrected chi connectivity index (χ0v) is 18.7. The first-order valence-corrected chi connectivity index (χ1v) is 12.8. The van der Waals surface area contributed by atoms with Gasteiger partial charge in [0.15, 0.2) is 9.84 Å². The normalized spacial score (nSPS) is 21.5. The van der Waals surface area contributed by atoms with Crippen molar-refractivity contribution in [2.24, 2.45) is 0 Å². The number of para-hydroxylation sites is 1. The van der Waals surface area contributed by atoms with E-state index < -0.39 is 9.84 Å². The Morgan fingerprint density at radius 1 is 1.13 bits per heavy atom. The van der Waals surface area contributed by atoms with Crippen LogP contribution in [-0.4, -0.2) is 71.3 Å². The quantitative estimate of drug-likeness (QED) is 0.724. The van der Waals surface area contributed by atoms with Gasteiger partial charge in [-0.05, 0) is 38.4 Å². The van der Waals surface area contributed by atoms with Crippen LogP contribution in [-0.2, 0) is 21.2 Å². The van der Waals surface area contributed by atoms with Crippen molar-refractivity contribution in [1.82, 2.24) is 19.8 Å². The molecule has 168 valence electrons. The molecule has 1 aliphatic carbocycles. The van der Waals surface area contributed by atoms with Crippen molar-refractivity contribution in [3.63, 3.8) is 0 Å². The average molecular weight is 447 g/mol. The summed E-state index contributed by atoms with van der Waals surface area (Å²) < 4.78 is 24.1. The molecule has 0 unspecified atom stereocenters. The van der Waals surface area contributed by atoms with Crippen LogP contribution in [0.2, 0.25) is 0 Å². The molecule has 0 radical (unpaired) electrons. The molecular weight excluding hydrogens is 416 g/mol. The third-order valence-corrected chi connectivity index (χ3v) is 8.09. The second-order valence-electron chi connectivity index (χ2n) is 8.85. The summed E-state index contributed by atoms with van der Waals surface area (Å²) in [7, 11) is -1.26. The summed E-state index contributed by atoms with van der Waals surface area (Å²) in [6.07, 6.45) is 5.71. The van der Waals surface area contributed by atoms with E-state index in [1.807, 2.05) is 22.9 Å². The number of aromatic nitrogens is 2. The fraction of sp³-hybridized carbons (Fsp3) is 0.591. The number of fused-ring (bicyclic) bond motifs is 1. The molecule has 0 spiro atoms. The average Bonchev–Trinajstić information content (AvgIpc) is 3.08. The third-order valence-electron chi connectivity index (χ3n) is 6.34. The van der Waals surface area contributed by atoms with Crippen LogP contribution < -0.4 is 5.56 Å². The van der Waals surface area contributed by atoms with Gasteiger partial charge < -0.3 is 9.88 Å². The number of nitrogens with zero attached hydrogens (tertiary/aromatic N) is 3. The Labute approximate surface area is 182 Å². The fourth-order valence-corrected chi connectivity index (χ4v) is 6.60. The number of hydrogen-bond donors (Lipinski definition) is 1. The number of amides is 1. The highest BCUT2D eigenvalue weighted by atomic mass is 32.2. The van der Waals surface area contributed by atoms with Crippen LogP contribution in [0.1, 0.15) is 44.3 Å². The molecule has 1 saturated carbocycles. The molecule has 1 atom stereocenters. The third kappa shape index (κ3) is 5.15. The predicted octanol–water partition coefficient (Wildman–Crippen LogP) is 1.70. The maximum Gasteiger partial charge on any atom is 0.258 e. The van der Waals surface area contributed by atoms with Crippen LogP contribution in [0.5, 0.6) is 0 Å². The number of H-pyrrole nitrogens is 1. The standard InChI is InChI=1S/C22H30N4O4S/c1-25(13-20-23-19-10-6-5-9-18(19)22(28)24-20)14-21(27)26(16-7-3-2-4-8-16)17-11-12-31(29,30)15-17/h5-6,9-10,16-17H,2-4,7-8,11-15H2,1H3,(H,23,24,28)/t17-/m1/s1. The summed E-state index contributed by atoms with van der Waals surface area (Å²) in [6.45, 7) is 0.483. The van der Waals surface area contributed by atoms with E-state index >= 15 is 0 Å². The number of nitrogens with one attached hydrogen (secondary N) is 1. The van der Waals surface area contributed by atoms with Crippen molar-refractivity contribution in [1.29, 1.82) is 0 Å². The van der Waals surface area contributed by atoms with E-state index in [1.165, 1.54) is 6.42 Å². The van der Waals surface area contributed by atoms with Crippen molar-refractivity contribution >= 4 is 26.6 Å². The lowest BCUT2D eigenvalue weighted by Crippen LogP contribution is -2.51. The Hall–Kier alpha value is -2.26. The highest BCUT2D eigenvalue weighted by Gasteiger charge is 2.38. The van der Waals surface area contributed by atoms with Gasteiger partial charge in [-0.3, -0.25) is 14.5 Å². The maximum absolute atomic E-state index is 13.3. The minimum atomic E-state index is -3.07. The molecule has 4 rings (SSSR count). The molecule has 1 aromatic carbocycles. The molecule has 8 nitrogen and oxygen atoms in total. The van der Waals surface area contributed by atoms with Crippen molar-refractivity contribution in [2.75, 3.05) is 25.1 Å². The molecule has 31 heavy (non-hydrogen) atoms. The van der Waals surface area contributed by atoms with Crippen LogP contribution in [0, 0.1) is 0 Å². The van der Waals surface area contributed by atoms with Crippen molar-refractivity contribution < 1.29 is 13.2 Å². The van der Waals surface area contributed by atoms with Crippen molar-refractivity contribution in [3.05, 3.63) is 40.4 Å². The van der Waals surface area contributed by atoms with Crippen LogP contribution in [0.15, 0.2) is 29.1 Å². The number of carbonyl (C=O) groups excluding carboxylic acids is 1. The Bertz CT molecular complexity index is 1110. The molecule has 1 N–H and O–H groups in total. The number of hydrogen-bond acceptors (Lipinski definition) is 6. The van der Waals surface area contributed by atoms with E-state index in [9.17, 15) is 18.0 Å². The first-order chi connectivity index (χ1) is 14.8. The second kappa shape index (κ2) is 9.08. The lowest BCUT2D eigenvalue weighted by atomic mass is 9.93.